The van der Waals surface area contributed by atoms with E-state index >= 15 is 0 Å². The Balaban J connectivity index is 1.89. The molecule has 19 heavy (non-hydrogen) atoms. The van der Waals surface area contributed by atoms with Gasteiger partial charge in [-0.15, -0.1) is 0 Å². The standard InChI is InChI=1S/C14H24N2O3/c1-10-9-15(12(17)11-5-6-11)7-8-16(10)13(18)19-14(2,3)4/h10-11H,5-9H2,1-4H3/t10-/m0/s1. The van der Waals surface area contributed by atoms with Crippen LogP contribution < -0.4 is 0 Å². The van der Waals surface area contributed by atoms with Crippen molar-refractivity contribution < 1.29 is 14.3 Å². The molecular weight excluding hydrogens is 244 g/mol. The molecule has 2 amide bonds. The fourth-order valence-corrected chi connectivity index (χ4v) is 2.34. The summed E-state index contributed by atoms with van der Waals surface area (Å²) < 4.78 is 5.39. The predicted molar refractivity (Wildman–Crippen MR) is 71.7 cm³/mol. The minimum Gasteiger partial charge on any atom is -0.444 e. The van der Waals surface area contributed by atoms with E-state index in [2.05, 4.69) is 0 Å². The molecule has 0 bridgehead atoms. The zero-order valence-electron chi connectivity index (χ0n) is 12.3. The lowest BCUT2D eigenvalue weighted by molar-refractivity contribution is -0.135. The third kappa shape index (κ3) is 3.61. The average molecular weight is 268 g/mol. The summed E-state index contributed by atoms with van der Waals surface area (Å²) in [7, 11) is 0. The number of ether oxygens (including phenoxy) is 1. The molecule has 2 aliphatic rings. The molecule has 0 spiro atoms. The Morgan fingerprint density at radius 2 is 1.79 bits per heavy atom. The van der Waals surface area contributed by atoms with Gasteiger partial charge in [-0.1, -0.05) is 0 Å². The van der Waals surface area contributed by atoms with Crippen molar-refractivity contribution in [1.82, 2.24) is 9.80 Å². The zero-order chi connectivity index (χ0) is 14.2. The molecule has 108 valence electrons. The number of nitrogens with zero attached hydrogens (tertiary/aromatic N) is 2. The van der Waals surface area contributed by atoms with Crippen LogP contribution in [-0.2, 0) is 9.53 Å². The van der Waals surface area contributed by atoms with Crippen LogP contribution in [-0.4, -0.2) is 53.1 Å². The number of carbonyl (C=O) groups is 2. The number of piperazine rings is 1. The molecule has 0 aromatic heterocycles. The van der Waals surface area contributed by atoms with Gasteiger partial charge in [-0.2, -0.15) is 0 Å². The van der Waals surface area contributed by atoms with E-state index in [-0.39, 0.29) is 24.0 Å². The summed E-state index contributed by atoms with van der Waals surface area (Å²) in [5.41, 5.74) is -0.474. The first-order valence-corrected chi connectivity index (χ1v) is 7.06. The summed E-state index contributed by atoms with van der Waals surface area (Å²) >= 11 is 0. The van der Waals surface area contributed by atoms with Crippen molar-refractivity contribution in [3.05, 3.63) is 0 Å². The van der Waals surface area contributed by atoms with Crippen LogP contribution in [0.3, 0.4) is 0 Å². The Morgan fingerprint density at radius 1 is 1.16 bits per heavy atom. The van der Waals surface area contributed by atoms with E-state index in [1.165, 1.54) is 0 Å². The van der Waals surface area contributed by atoms with Crippen molar-refractivity contribution in [3.8, 4) is 0 Å². The minimum absolute atomic E-state index is 0.0197. The lowest BCUT2D eigenvalue weighted by Gasteiger charge is -2.40. The summed E-state index contributed by atoms with van der Waals surface area (Å²) in [6.45, 7) is 9.37. The van der Waals surface area contributed by atoms with Gasteiger partial charge in [-0.25, -0.2) is 4.79 Å². The van der Waals surface area contributed by atoms with E-state index in [1.54, 1.807) is 4.90 Å². The molecule has 1 saturated carbocycles. The summed E-state index contributed by atoms with van der Waals surface area (Å²) in [5, 5.41) is 0. The van der Waals surface area contributed by atoms with Crippen molar-refractivity contribution >= 4 is 12.0 Å². The Hall–Kier alpha value is -1.26. The second kappa shape index (κ2) is 5.02. The fraction of sp³-hybridized carbons (Fsp3) is 0.857. The van der Waals surface area contributed by atoms with Crippen molar-refractivity contribution in [2.75, 3.05) is 19.6 Å². The minimum atomic E-state index is -0.474. The van der Waals surface area contributed by atoms with Gasteiger partial charge in [-0.3, -0.25) is 4.79 Å². The van der Waals surface area contributed by atoms with E-state index in [1.807, 2.05) is 32.6 Å². The number of amides is 2. The average Bonchev–Trinajstić information content (AvgIpc) is 3.09. The molecule has 2 rings (SSSR count). The molecule has 1 saturated heterocycles. The molecular formula is C14H24N2O3. The first-order chi connectivity index (χ1) is 8.78. The number of carbonyl (C=O) groups excluding carboxylic acids is 2. The highest BCUT2D eigenvalue weighted by Gasteiger charge is 2.38. The molecule has 1 aliphatic heterocycles. The molecule has 5 nitrogen and oxygen atoms in total. The summed E-state index contributed by atoms with van der Waals surface area (Å²) in [6, 6.07) is 0.0197. The van der Waals surface area contributed by atoms with Crippen LogP contribution >= 0.6 is 0 Å². The van der Waals surface area contributed by atoms with Gasteiger partial charge in [0.05, 0.1) is 0 Å². The molecule has 0 unspecified atom stereocenters. The highest BCUT2D eigenvalue weighted by atomic mass is 16.6. The van der Waals surface area contributed by atoms with Crippen molar-refractivity contribution in [1.29, 1.82) is 0 Å². The Kier molecular flexibility index (Phi) is 3.74. The topological polar surface area (TPSA) is 49.9 Å². The molecule has 2 fully saturated rings. The Labute approximate surface area is 114 Å². The van der Waals surface area contributed by atoms with E-state index in [9.17, 15) is 9.59 Å². The first kappa shape index (κ1) is 14.2. The van der Waals surface area contributed by atoms with E-state index in [4.69, 9.17) is 4.74 Å². The van der Waals surface area contributed by atoms with Gasteiger partial charge in [0.2, 0.25) is 5.91 Å². The quantitative estimate of drug-likeness (QED) is 0.729. The van der Waals surface area contributed by atoms with E-state index < -0.39 is 5.60 Å². The van der Waals surface area contributed by atoms with E-state index in [0.717, 1.165) is 12.8 Å². The van der Waals surface area contributed by atoms with Crippen LogP contribution in [0.2, 0.25) is 0 Å². The lowest BCUT2D eigenvalue weighted by atomic mass is 10.1. The third-order valence-corrected chi connectivity index (χ3v) is 3.49. The molecule has 0 radical (unpaired) electrons. The van der Waals surface area contributed by atoms with Gasteiger partial charge < -0.3 is 14.5 Å². The Morgan fingerprint density at radius 3 is 2.26 bits per heavy atom. The van der Waals surface area contributed by atoms with E-state index in [0.29, 0.717) is 19.6 Å². The van der Waals surface area contributed by atoms with Gasteiger partial charge in [0.15, 0.2) is 0 Å². The first-order valence-electron chi connectivity index (χ1n) is 7.06. The highest BCUT2D eigenvalue weighted by molar-refractivity contribution is 5.81. The fourth-order valence-electron chi connectivity index (χ4n) is 2.34. The lowest BCUT2D eigenvalue weighted by Crippen LogP contribution is -2.56. The normalized spacial score (nSPS) is 24.3. The van der Waals surface area contributed by atoms with Crippen LogP contribution in [0.25, 0.3) is 0 Å². The Bertz CT molecular complexity index is 371. The molecule has 5 heteroatoms. The van der Waals surface area contributed by atoms with Crippen LogP contribution in [0, 0.1) is 5.92 Å². The summed E-state index contributed by atoms with van der Waals surface area (Å²) in [6.07, 6.45) is 1.78. The smallest absolute Gasteiger partial charge is 0.410 e. The molecule has 0 aromatic rings. The van der Waals surface area contributed by atoms with Crippen LogP contribution in [0.1, 0.15) is 40.5 Å². The second-order valence-corrected chi connectivity index (χ2v) is 6.58. The van der Waals surface area contributed by atoms with Crippen LogP contribution in [0.4, 0.5) is 4.79 Å². The molecule has 1 heterocycles. The monoisotopic (exact) mass is 268 g/mol. The van der Waals surface area contributed by atoms with Crippen molar-refractivity contribution in [2.45, 2.75) is 52.2 Å². The van der Waals surface area contributed by atoms with Crippen LogP contribution in [0.5, 0.6) is 0 Å². The maximum Gasteiger partial charge on any atom is 0.410 e. The highest BCUT2D eigenvalue weighted by Crippen LogP contribution is 2.31. The van der Waals surface area contributed by atoms with Gasteiger partial charge in [0, 0.05) is 31.6 Å². The zero-order valence-corrected chi connectivity index (χ0v) is 12.3. The molecule has 1 atom stereocenters. The van der Waals surface area contributed by atoms with Gasteiger partial charge in [0.25, 0.3) is 0 Å². The third-order valence-electron chi connectivity index (χ3n) is 3.49. The number of hydrogen-bond donors (Lipinski definition) is 0. The van der Waals surface area contributed by atoms with Gasteiger partial charge >= 0.3 is 6.09 Å². The van der Waals surface area contributed by atoms with Gasteiger partial charge in [0.1, 0.15) is 5.60 Å². The second-order valence-electron chi connectivity index (χ2n) is 6.58. The van der Waals surface area contributed by atoms with Crippen molar-refractivity contribution in [2.24, 2.45) is 5.92 Å². The maximum absolute atomic E-state index is 12.0. The number of hydrogen-bond acceptors (Lipinski definition) is 3. The summed E-state index contributed by atoms with van der Waals surface area (Å²) in [5.74, 6) is 0.510. The van der Waals surface area contributed by atoms with Crippen LogP contribution in [0.15, 0.2) is 0 Å². The SMILES string of the molecule is C[C@H]1CN(C(=O)C2CC2)CCN1C(=O)OC(C)(C)C. The summed E-state index contributed by atoms with van der Waals surface area (Å²) in [4.78, 5) is 27.7. The maximum atomic E-state index is 12.0. The molecule has 0 N–H and O–H groups in total. The van der Waals surface area contributed by atoms with Crippen molar-refractivity contribution in [3.63, 3.8) is 0 Å². The number of rotatable bonds is 1. The van der Waals surface area contributed by atoms with Gasteiger partial charge in [-0.05, 0) is 40.5 Å². The molecule has 0 aromatic carbocycles. The predicted octanol–water partition coefficient (Wildman–Crippen LogP) is 1.86. The largest absolute Gasteiger partial charge is 0.444 e. The molecule has 1 aliphatic carbocycles.